The predicted octanol–water partition coefficient (Wildman–Crippen LogP) is 1.88. The van der Waals surface area contributed by atoms with Crippen LogP contribution in [0.3, 0.4) is 0 Å². The maximum atomic E-state index is 5.43. The number of aromatic nitrogens is 3. The van der Waals surface area contributed by atoms with E-state index in [-0.39, 0.29) is 0 Å². The van der Waals surface area contributed by atoms with Crippen LogP contribution in [0.2, 0.25) is 0 Å². The van der Waals surface area contributed by atoms with E-state index in [0.29, 0.717) is 11.5 Å². The van der Waals surface area contributed by atoms with Crippen molar-refractivity contribution in [3.8, 4) is 11.4 Å². The van der Waals surface area contributed by atoms with Gasteiger partial charge in [0.1, 0.15) is 16.1 Å². The van der Waals surface area contributed by atoms with Gasteiger partial charge in [0.15, 0.2) is 0 Å². The molecule has 2 N–H and O–H groups in total. The van der Waals surface area contributed by atoms with Gasteiger partial charge in [-0.25, -0.2) is 4.98 Å². The summed E-state index contributed by atoms with van der Waals surface area (Å²) < 4.78 is 0.772. The maximum absolute atomic E-state index is 5.43. The molecule has 0 atom stereocenters. The molecule has 0 saturated carbocycles. The third kappa shape index (κ3) is 1.88. The summed E-state index contributed by atoms with van der Waals surface area (Å²) in [6.45, 7) is 0. The van der Waals surface area contributed by atoms with E-state index in [1.165, 1.54) is 0 Å². The van der Waals surface area contributed by atoms with Gasteiger partial charge in [0, 0.05) is 0 Å². The minimum absolute atomic E-state index is 0.406. The van der Waals surface area contributed by atoms with Crippen molar-refractivity contribution in [2.24, 2.45) is 0 Å². The number of nitrogens with zero attached hydrogens (tertiary/aromatic N) is 3. The van der Waals surface area contributed by atoms with Crippen LogP contribution in [0, 0.1) is 0 Å². The molecule has 0 aliphatic carbocycles. The number of nitrogens with two attached hydrogens (primary N) is 1. The molecular formula is C9H7BrN4. The number of halogens is 1. The molecule has 0 fully saturated rings. The monoisotopic (exact) mass is 250 g/mol. The van der Waals surface area contributed by atoms with Crippen molar-refractivity contribution in [1.82, 2.24) is 15.2 Å². The molecule has 0 unspecified atom stereocenters. The van der Waals surface area contributed by atoms with Crippen LogP contribution in [0.25, 0.3) is 11.4 Å². The summed E-state index contributed by atoms with van der Waals surface area (Å²) in [4.78, 5) is 4.25. The predicted molar refractivity (Wildman–Crippen MR) is 57.4 cm³/mol. The smallest absolute Gasteiger partial charge is 0.146 e. The van der Waals surface area contributed by atoms with E-state index in [1.54, 1.807) is 12.1 Å². The largest absolute Gasteiger partial charge is 0.382 e. The minimum atomic E-state index is 0.406. The number of nitrogen functional groups attached to an aromatic ring is 1. The zero-order valence-corrected chi connectivity index (χ0v) is 8.77. The quantitative estimate of drug-likeness (QED) is 0.786. The molecule has 4 nitrogen and oxygen atoms in total. The van der Waals surface area contributed by atoms with E-state index in [1.807, 2.05) is 18.2 Å². The van der Waals surface area contributed by atoms with E-state index >= 15 is 0 Å². The van der Waals surface area contributed by atoms with Crippen molar-refractivity contribution >= 4 is 21.7 Å². The van der Waals surface area contributed by atoms with Crippen LogP contribution >= 0.6 is 15.9 Å². The first-order valence-electron chi connectivity index (χ1n) is 3.98. The number of rotatable bonds is 1. The summed E-state index contributed by atoms with van der Waals surface area (Å²) in [6.07, 6.45) is 0. The second kappa shape index (κ2) is 3.71. The van der Waals surface area contributed by atoms with Crippen LogP contribution in [0.5, 0.6) is 0 Å². The van der Waals surface area contributed by atoms with E-state index in [9.17, 15) is 0 Å². The lowest BCUT2D eigenvalue weighted by Gasteiger charge is -1.99. The van der Waals surface area contributed by atoms with Crippen molar-refractivity contribution in [3.63, 3.8) is 0 Å². The fraction of sp³-hybridized carbons (Fsp3) is 0. The second-order valence-electron chi connectivity index (χ2n) is 2.69. The first kappa shape index (κ1) is 9.08. The zero-order chi connectivity index (χ0) is 9.97. The number of hydrogen-bond acceptors (Lipinski definition) is 4. The molecule has 2 aromatic heterocycles. The molecule has 70 valence electrons. The Morgan fingerprint density at radius 1 is 1.00 bits per heavy atom. The Bertz CT molecular complexity index is 441. The van der Waals surface area contributed by atoms with Gasteiger partial charge < -0.3 is 5.73 Å². The Kier molecular flexibility index (Phi) is 2.41. The van der Waals surface area contributed by atoms with E-state index in [4.69, 9.17) is 5.73 Å². The molecule has 0 amide bonds. The van der Waals surface area contributed by atoms with Crippen LogP contribution in [0.4, 0.5) is 5.82 Å². The maximum Gasteiger partial charge on any atom is 0.146 e. The molecule has 0 saturated heterocycles. The highest BCUT2D eigenvalue weighted by molar-refractivity contribution is 9.10. The van der Waals surface area contributed by atoms with E-state index in [2.05, 4.69) is 31.1 Å². The average Bonchev–Trinajstić information content (AvgIpc) is 2.19. The highest BCUT2D eigenvalue weighted by Gasteiger charge is 2.01. The lowest BCUT2D eigenvalue weighted by atomic mass is 10.2. The van der Waals surface area contributed by atoms with Gasteiger partial charge in [0.2, 0.25) is 0 Å². The molecule has 0 radical (unpaired) electrons. The van der Waals surface area contributed by atoms with Gasteiger partial charge in [-0.3, -0.25) is 0 Å². The summed E-state index contributed by atoms with van der Waals surface area (Å²) in [5, 5.41) is 7.69. The first-order valence-corrected chi connectivity index (χ1v) is 4.77. The molecular weight excluding hydrogens is 244 g/mol. The van der Waals surface area contributed by atoms with Crippen molar-refractivity contribution in [3.05, 3.63) is 34.9 Å². The third-order valence-electron chi connectivity index (χ3n) is 1.66. The average molecular weight is 251 g/mol. The summed E-state index contributed by atoms with van der Waals surface area (Å²) in [6, 6.07) is 9.10. The number of pyridine rings is 1. The van der Waals surface area contributed by atoms with Crippen LogP contribution in [0.15, 0.2) is 34.9 Å². The van der Waals surface area contributed by atoms with Gasteiger partial charge in [0.25, 0.3) is 0 Å². The van der Waals surface area contributed by atoms with Gasteiger partial charge in [-0.05, 0) is 40.2 Å². The molecule has 2 rings (SSSR count). The van der Waals surface area contributed by atoms with E-state index < -0.39 is 0 Å². The molecule has 0 aliphatic heterocycles. The summed E-state index contributed by atoms with van der Waals surface area (Å²) in [7, 11) is 0. The fourth-order valence-electron chi connectivity index (χ4n) is 1.03. The topological polar surface area (TPSA) is 64.7 Å². The van der Waals surface area contributed by atoms with Crippen molar-refractivity contribution < 1.29 is 0 Å². The summed E-state index contributed by atoms with van der Waals surface area (Å²) >= 11 is 3.29. The van der Waals surface area contributed by atoms with Crippen LogP contribution < -0.4 is 5.73 Å². The molecule has 5 heteroatoms. The van der Waals surface area contributed by atoms with E-state index in [0.717, 1.165) is 10.3 Å². The highest BCUT2D eigenvalue weighted by atomic mass is 79.9. The van der Waals surface area contributed by atoms with Gasteiger partial charge in [-0.15, -0.1) is 10.2 Å². The van der Waals surface area contributed by atoms with Crippen molar-refractivity contribution in [1.29, 1.82) is 0 Å². The van der Waals surface area contributed by atoms with Crippen LogP contribution in [-0.4, -0.2) is 15.2 Å². The standard InChI is InChI=1S/C9H7BrN4/c10-8-3-1-2-6(12-8)7-4-5-9(11)14-13-7/h1-5H,(H2,11,14). The Morgan fingerprint density at radius 2 is 1.86 bits per heavy atom. The summed E-state index contributed by atoms with van der Waals surface area (Å²) in [5.41, 5.74) is 6.91. The second-order valence-corrected chi connectivity index (χ2v) is 3.50. The van der Waals surface area contributed by atoms with Crippen LogP contribution in [-0.2, 0) is 0 Å². The lowest BCUT2D eigenvalue weighted by molar-refractivity contribution is 1.04. The molecule has 14 heavy (non-hydrogen) atoms. The highest BCUT2D eigenvalue weighted by Crippen LogP contribution is 2.16. The Morgan fingerprint density at radius 3 is 2.50 bits per heavy atom. The minimum Gasteiger partial charge on any atom is -0.382 e. The number of hydrogen-bond donors (Lipinski definition) is 1. The molecule has 0 spiro atoms. The molecule has 0 aliphatic rings. The first-order chi connectivity index (χ1) is 6.75. The fourth-order valence-corrected chi connectivity index (χ4v) is 1.37. The van der Waals surface area contributed by atoms with Gasteiger partial charge in [-0.2, -0.15) is 0 Å². The van der Waals surface area contributed by atoms with Crippen molar-refractivity contribution in [2.45, 2.75) is 0 Å². The Hall–Kier alpha value is -1.49. The molecule has 0 bridgehead atoms. The van der Waals surface area contributed by atoms with Crippen molar-refractivity contribution in [2.75, 3.05) is 5.73 Å². The molecule has 2 heterocycles. The SMILES string of the molecule is Nc1ccc(-c2cccc(Br)n2)nn1. The number of anilines is 1. The molecule has 2 aromatic rings. The lowest BCUT2D eigenvalue weighted by Crippen LogP contribution is -1.94. The van der Waals surface area contributed by atoms with Gasteiger partial charge in [-0.1, -0.05) is 6.07 Å². The third-order valence-corrected chi connectivity index (χ3v) is 2.10. The van der Waals surface area contributed by atoms with Gasteiger partial charge >= 0.3 is 0 Å². The molecule has 0 aromatic carbocycles. The van der Waals surface area contributed by atoms with Gasteiger partial charge in [0.05, 0.1) is 5.69 Å². The Balaban J connectivity index is 2.44. The zero-order valence-electron chi connectivity index (χ0n) is 7.18. The normalized spacial score (nSPS) is 10.1. The Labute approximate surface area is 89.3 Å². The van der Waals surface area contributed by atoms with Crippen LogP contribution in [0.1, 0.15) is 0 Å². The summed E-state index contributed by atoms with van der Waals surface area (Å²) in [5.74, 6) is 0.406.